The lowest BCUT2D eigenvalue weighted by atomic mass is 10.0. The Bertz CT molecular complexity index is 1440. The van der Waals surface area contributed by atoms with Crippen LogP contribution >= 0.6 is 22.9 Å². The van der Waals surface area contributed by atoms with Crippen LogP contribution in [0.3, 0.4) is 0 Å². The zero-order valence-corrected chi connectivity index (χ0v) is 17.2. The number of aromatic nitrogens is 1. The number of nitrogens with zero attached hydrogens (tertiary/aromatic N) is 1. The van der Waals surface area contributed by atoms with E-state index in [9.17, 15) is 13.2 Å². The maximum Gasteiger partial charge on any atom is 0.265 e. The average molecular weight is 460 g/mol. The number of sulfonamides is 1. The normalized spacial score (nSPS) is 18.4. The lowest BCUT2D eigenvalue weighted by Gasteiger charge is -2.09. The van der Waals surface area contributed by atoms with Crippen molar-refractivity contribution in [2.45, 2.75) is 25.1 Å². The summed E-state index contributed by atoms with van der Waals surface area (Å²) in [6.07, 6.45) is -2.93. The molecule has 1 atom stereocenters. The van der Waals surface area contributed by atoms with Gasteiger partial charge in [0.2, 0.25) is 6.77 Å². The van der Waals surface area contributed by atoms with Crippen molar-refractivity contribution in [3.05, 3.63) is 50.3 Å². The summed E-state index contributed by atoms with van der Waals surface area (Å²) in [6.45, 7) is 1.28. The minimum absolute atomic E-state index is 0.0764. The number of thiophene rings is 1. The minimum Gasteiger partial charge on any atom is -0.454 e. The molecule has 1 aliphatic heterocycles. The minimum atomic E-state index is -4.44. The summed E-state index contributed by atoms with van der Waals surface area (Å²) in [5.41, 5.74) is -0.333. The van der Waals surface area contributed by atoms with Gasteiger partial charge in [-0.3, -0.25) is 4.79 Å². The highest BCUT2D eigenvalue weighted by Gasteiger charge is 2.27. The van der Waals surface area contributed by atoms with E-state index in [1.54, 1.807) is 0 Å². The first kappa shape index (κ1) is 14.4. The van der Waals surface area contributed by atoms with Gasteiger partial charge >= 0.3 is 0 Å². The number of carbonyl (C=O) groups is 1. The monoisotopic (exact) mass is 459 g/mol. The molecule has 0 fully saturated rings. The fraction of sp³-hybridized carbons (Fsp3) is 0.222. The van der Waals surface area contributed by atoms with Crippen LogP contribution in [-0.2, 0) is 16.4 Å². The molecule has 1 aromatic carbocycles. The van der Waals surface area contributed by atoms with E-state index in [2.05, 4.69) is 9.88 Å². The Balaban J connectivity index is 1.77. The van der Waals surface area contributed by atoms with Gasteiger partial charge in [-0.2, -0.15) is 0 Å². The number of fused-ring (bicyclic) bond motifs is 1. The number of Topliss-reactive ketones (excluding diaryl/α,β-unsaturated/α-hetero) is 1. The third kappa shape index (κ3) is 3.70. The smallest absolute Gasteiger partial charge is 0.265 e. The molecule has 0 saturated carbocycles. The molecule has 11 heteroatoms. The van der Waals surface area contributed by atoms with Gasteiger partial charge in [-0.05, 0) is 48.5 Å². The molecule has 0 saturated heterocycles. The molecule has 152 valence electrons. The zero-order chi connectivity index (χ0) is 25.2. The molecule has 1 unspecified atom stereocenters. The van der Waals surface area contributed by atoms with Gasteiger partial charge in [0, 0.05) is 9.11 Å². The molecule has 0 radical (unpaired) electrons. The van der Waals surface area contributed by atoms with Gasteiger partial charge in [-0.1, -0.05) is 16.8 Å². The molecule has 4 rings (SSSR count). The Hall–Kier alpha value is -2.56. The summed E-state index contributed by atoms with van der Waals surface area (Å²) < 4.78 is 84.1. The van der Waals surface area contributed by atoms with E-state index in [0.717, 1.165) is 6.07 Å². The number of carbonyl (C=O) groups excluding carboxylic acids is 1. The molecule has 1 N–H and O–H groups in total. The molecular weight excluding hydrogens is 440 g/mol. The highest BCUT2D eigenvalue weighted by molar-refractivity contribution is 7.93. The van der Waals surface area contributed by atoms with Gasteiger partial charge in [-0.15, -0.1) is 11.3 Å². The Kier molecular flexibility index (Phi) is 3.66. The number of ether oxygens (including phenoxy) is 2. The highest BCUT2D eigenvalue weighted by atomic mass is 35.5. The SMILES string of the molecule is [2H]c1c(C)c(C([2H])([2H])C(=O)c2sccc2S(=O)(=O)Nc2onc(C)c2Cl)c([2H])c2c1OC([2H])O2. The molecule has 0 amide bonds. The topological polar surface area (TPSA) is 108 Å². The molecular formula is C18H15ClN2O6S2. The largest absolute Gasteiger partial charge is 0.454 e. The Morgan fingerprint density at radius 1 is 1.41 bits per heavy atom. The molecule has 0 bridgehead atoms. The van der Waals surface area contributed by atoms with Gasteiger partial charge in [0.1, 0.15) is 17.0 Å². The van der Waals surface area contributed by atoms with Crippen LogP contribution in [0.2, 0.25) is 5.02 Å². The van der Waals surface area contributed by atoms with Gasteiger partial charge in [0.15, 0.2) is 17.3 Å². The number of hydrogen-bond donors (Lipinski definition) is 1. The van der Waals surface area contributed by atoms with Crippen LogP contribution in [-0.4, -0.2) is 26.1 Å². The predicted molar refractivity (Wildman–Crippen MR) is 107 cm³/mol. The second kappa shape index (κ2) is 7.36. The lowest BCUT2D eigenvalue weighted by Crippen LogP contribution is -2.16. The van der Waals surface area contributed by atoms with Crippen LogP contribution < -0.4 is 14.2 Å². The van der Waals surface area contributed by atoms with Crippen LogP contribution in [0.15, 0.2) is 32.9 Å². The predicted octanol–water partition coefficient (Wildman–Crippen LogP) is 3.96. The fourth-order valence-electron chi connectivity index (χ4n) is 2.41. The Labute approximate surface area is 182 Å². The van der Waals surface area contributed by atoms with Crippen molar-refractivity contribution in [2.24, 2.45) is 0 Å². The molecule has 0 aliphatic carbocycles. The van der Waals surface area contributed by atoms with E-state index in [4.69, 9.17) is 32.5 Å². The summed E-state index contributed by atoms with van der Waals surface area (Å²) in [5, 5.41) is 4.76. The van der Waals surface area contributed by atoms with E-state index in [1.807, 2.05) is 0 Å². The van der Waals surface area contributed by atoms with Gasteiger partial charge < -0.3 is 14.0 Å². The first-order valence-corrected chi connectivity index (χ1v) is 10.7. The van der Waals surface area contributed by atoms with E-state index >= 15 is 0 Å². The maximum absolute atomic E-state index is 13.3. The number of ketones is 1. The van der Waals surface area contributed by atoms with Gasteiger partial charge in [0.25, 0.3) is 15.9 Å². The van der Waals surface area contributed by atoms with Crippen molar-refractivity contribution >= 4 is 44.6 Å². The standard InChI is InChI=1S/C18H15ClN2O6S2/c1-9-5-13-14(26-8-25-13)7-11(9)6-12(22)17-15(3-4-28-17)29(23,24)21-18-16(19)10(2)20-27-18/h3-5,7,21H,6,8H2,1-2H3/i5D,6D2,7D,8D. The Morgan fingerprint density at radius 3 is 2.83 bits per heavy atom. The van der Waals surface area contributed by atoms with Crippen LogP contribution in [0.1, 0.15) is 33.3 Å². The quantitative estimate of drug-likeness (QED) is 0.555. The van der Waals surface area contributed by atoms with E-state index in [1.165, 1.54) is 19.2 Å². The first-order valence-electron chi connectivity index (χ1n) is 10.5. The van der Waals surface area contributed by atoms with Crippen molar-refractivity contribution in [1.82, 2.24) is 5.16 Å². The van der Waals surface area contributed by atoms with Crippen LogP contribution in [0, 0.1) is 13.8 Å². The van der Waals surface area contributed by atoms with Gasteiger partial charge in [-0.25, -0.2) is 13.1 Å². The molecule has 3 aromatic rings. The van der Waals surface area contributed by atoms with Crippen molar-refractivity contribution in [3.63, 3.8) is 0 Å². The summed E-state index contributed by atoms with van der Waals surface area (Å²) in [7, 11) is -4.44. The fourth-order valence-corrected chi connectivity index (χ4v) is 4.90. The summed E-state index contributed by atoms with van der Waals surface area (Å²) in [4.78, 5) is 12.3. The number of halogens is 1. The number of hydrogen-bond acceptors (Lipinski definition) is 8. The van der Waals surface area contributed by atoms with Crippen LogP contribution in [0.5, 0.6) is 11.5 Å². The van der Waals surface area contributed by atoms with Crippen molar-refractivity contribution in [3.8, 4) is 11.5 Å². The second-order valence-corrected chi connectivity index (χ2v) is 8.77. The third-order valence-electron chi connectivity index (χ3n) is 3.83. The number of nitrogens with one attached hydrogen (secondary N) is 1. The van der Waals surface area contributed by atoms with Gasteiger partial charge in [0.05, 0.1) is 7.62 Å². The van der Waals surface area contributed by atoms with E-state index in [0.29, 0.717) is 11.3 Å². The van der Waals surface area contributed by atoms with E-state index < -0.39 is 50.3 Å². The Morgan fingerprint density at radius 2 is 2.14 bits per heavy atom. The average Bonchev–Trinajstić information content (AvgIpc) is 3.47. The second-order valence-electron chi connectivity index (χ2n) is 5.82. The summed E-state index contributed by atoms with van der Waals surface area (Å²) in [5.74, 6) is -2.15. The summed E-state index contributed by atoms with van der Waals surface area (Å²) >= 11 is 6.64. The number of benzene rings is 1. The van der Waals surface area contributed by atoms with Crippen LogP contribution in [0.4, 0.5) is 5.88 Å². The molecule has 3 heterocycles. The van der Waals surface area contributed by atoms with Crippen molar-refractivity contribution < 1.29 is 34.1 Å². The first-order chi connectivity index (χ1) is 15.8. The van der Waals surface area contributed by atoms with Crippen molar-refractivity contribution in [2.75, 3.05) is 11.5 Å². The molecule has 29 heavy (non-hydrogen) atoms. The zero-order valence-electron chi connectivity index (χ0n) is 19.8. The molecule has 8 nitrogen and oxygen atoms in total. The highest BCUT2D eigenvalue weighted by Crippen LogP contribution is 2.36. The third-order valence-corrected chi connectivity index (χ3v) is 6.69. The van der Waals surface area contributed by atoms with Crippen LogP contribution in [0.25, 0.3) is 0 Å². The number of anilines is 1. The molecule has 0 spiro atoms. The number of aryl methyl sites for hydroxylation is 1. The van der Waals surface area contributed by atoms with Crippen molar-refractivity contribution in [1.29, 1.82) is 0 Å². The maximum atomic E-state index is 13.3. The van der Waals surface area contributed by atoms with E-state index in [-0.39, 0.29) is 39.7 Å². The number of rotatable bonds is 6. The summed E-state index contributed by atoms with van der Waals surface area (Å²) in [6, 6.07) is 0.199. The lowest BCUT2D eigenvalue weighted by molar-refractivity contribution is 0.0994. The molecule has 1 aliphatic rings. The molecule has 2 aromatic heterocycles.